The van der Waals surface area contributed by atoms with Gasteiger partial charge in [0.2, 0.25) is 5.91 Å². The zero-order valence-electron chi connectivity index (χ0n) is 12.4. The third-order valence-electron chi connectivity index (χ3n) is 3.02. The standard InChI is InChI=1S/C15H24N4O/c1-4-11(3)18-15(16)17-10-14(20)19-13-8-6-7-12(5-2)9-13/h6-9,11H,4-5,10H2,1-3H3,(H,19,20)(H3,16,17,18). The first kappa shape index (κ1) is 16.0. The molecule has 1 amide bonds. The maximum Gasteiger partial charge on any atom is 0.246 e. The monoisotopic (exact) mass is 276 g/mol. The summed E-state index contributed by atoms with van der Waals surface area (Å²) in [7, 11) is 0. The van der Waals surface area contributed by atoms with Gasteiger partial charge in [0.25, 0.3) is 0 Å². The number of nitrogens with zero attached hydrogens (tertiary/aromatic N) is 1. The Balaban J connectivity index is 2.49. The predicted molar refractivity (Wildman–Crippen MR) is 83.8 cm³/mol. The van der Waals surface area contributed by atoms with E-state index in [9.17, 15) is 4.79 Å². The molecule has 0 fully saturated rings. The molecule has 0 spiro atoms. The lowest BCUT2D eigenvalue weighted by atomic mass is 10.1. The molecule has 1 unspecified atom stereocenters. The van der Waals surface area contributed by atoms with Crippen LogP contribution in [-0.2, 0) is 11.2 Å². The van der Waals surface area contributed by atoms with E-state index < -0.39 is 0 Å². The highest BCUT2D eigenvalue weighted by Gasteiger charge is 2.03. The van der Waals surface area contributed by atoms with Crippen molar-refractivity contribution in [2.45, 2.75) is 39.7 Å². The van der Waals surface area contributed by atoms with Crippen LogP contribution in [0.4, 0.5) is 5.69 Å². The van der Waals surface area contributed by atoms with Gasteiger partial charge in [-0.2, -0.15) is 0 Å². The number of amides is 1. The molecule has 5 heteroatoms. The van der Waals surface area contributed by atoms with E-state index in [4.69, 9.17) is 5.73 Å². The molecule has 110 valence electrons. The van der Waals surface area contributed by atoms with Gasteiger partial charge in [0.15, 0.2) is 5.96 Å². The Kier molecular flexibility index (Phi) is 6.56. The van der Waals surface area contributed by atoms with Crippen molar-refractivity contribution in [2.75, 3.05) is 11.9 Å². The first-order valence-electron chi connectivity index (χ1n) is 7.00. The van der Waals surface area contributed by atoms with Gasteiger partial charge in [0, 0.05) is 11.7 Å². The van der Waals surface area contributed by atoms with Crippen LogP contribution in [0, 0.1) is 0 Å². The lowest BCUT2D eigenvalue weighted by Gasteiger charge is -2.11. The van der Waals surface area contributed by atoms with Gasteiger partial charge in [0.1, 0.15) is 6.54 Å². The van der Waals surface area contributed by atoms with E-state index in [0.29, 0.717) is 5.96 Å². The van der Waals surface area contributed by atoms with E-state index in [1.54, 1.807) is 0 Å². The number of hydrogen-bond donors (Lipinski definition) is 3. The van der Waals surface area contributed by atoms with Crippen LogP contribution in [0.3, 0.4) is 0 Å². The molecule has 4 N–H and O–H groups in total. The molecule has 5 nitrogen and oxygen atoms in total. The molecule has 0 heterocycles. The average molecular weight is 276 g/mol. The lowest BCUT2D eigenvalue weighted by Crippen LogP contribution is -2.38. The minimum atomic E-state index is -0.174. The number of nitrogens with one attached hydrogen (secondary N) is 2. The first-order valence-corrected chi connectivity index (χ1v) is 7.00. The number of guanidine groups is 1. The SMILES string of the molecule is CCc1cccc(NC(=O)CN=C(N)NC(C)CC)c1. The van der Waals surface area contributed by atoms with Crippen LogP contribution in [0.5, 0.6) is 0 Å². The third-order valence-corrected chi connectivity index (χ3v) is 3.02. The maximum atomic E-state index is 11.8. The summed E-state index contributed by atoms with van der Waals surface area (Å²) in [5.41, 5.74) is 7.67. The van der Waals surface area contributed by atoms with Crippen molar-refractivity contribution in [1.82, 2.24) is 5.32 Å². The summed E-state index contributed by atoms with van der Waals surface area (Å²) in [5, 5.41) is 5.82. The molecule has 1 atom stereocenters. The molecular formula is C15H24N4O. The molecule has 0 saturated carbocycles. The molecule has 20 heavy (non-hydrogen) atoms. The van der Waals surface area contributed by atoms with Crippen LogP contribution in [0.25, 0.3) is 0 Å². The van der Waals surface area contributed by atoms with Crippen LogP contribution in [0.1, 0.15) is 32.8 Å². The average Bonchev–Trinajstić information content (AvgIpc) is 2.45. The summed E-state index contributed by atoms with van der Waals surface area (Å²) in [5.74, 6) is 0.129. The number of nitrogens with two attached hydrogens (primary N) is 1. The van der Waals surface area contributed by atoms with E-state index >= 15 is 0 Å². The number of anilines is 1. The number of rotatable bonds is 6. The van der Waals surface area contributed by atoms with Crippen molar-refractivity contribution in [3.05, 3.63) is 29.8 Å². The Morgan fingerprint density at radius 2 is 2.15 bits per heavy atom. The smallest absolute Gasteiger partial charge is 0.246 e. The zero-order valence-corrected chi connectivity index (χ0v) is 12.4. The highest BCUT2D eigenvalue weighted by atomic mass is 16.1. The zero-order chi connectivity index (χ0) is 15.0. The summed E-state index contributed by atoms with van der Waals surface area (Å²) in [6.07, 6.45) is 1.89. The Bertz CT molecular complexity index is 471. The van der Waals surface area contributed by atoms with Crippen LogP contribution in [-0.4, -0.2) is 24.5 Å². The highest BCUT2D eigenvalue weighted by molar-refractivity contribution is 5.93. The minimum Gasteiger partial charge on any atom is -0.370 e. The molecule has 1 rings (SSSR count). The van der Waals surface area contributed by atoms with Crippen molar-refractivity contribution in [3.8, 4) is 0 Å². The van der Waals surface area contributed by atoms with Crippen molar-refractivity contribution in [3.63, 3.8) is 0 Å². The Morgan fingerprint density at radius 3 is 2.80 bits per heavy atom. The van der Waals surface area contributed by atoms with Gasteiger partial charge < -0.3 is 16.4 Å². The highest BCUT2D eigenvalue weighted by Crippen LogP contribution is 2.10. The normalized spacial score (nSPS) is 12.8. The van der Waals surface area contributed by atoms with Crippen molar-refractivity contribution in [1.29, 1.82) is 0 Å². The molecule has 1 aromatic carbocycles. The second-order valence-corrected chi connectivity index (χ2v) is 4.76. The van der Waals surface area contributed by atoms with Gasteiger partial charge in [-0.1, -0.05) is 26.0 Å². The van der Waals surface area contributed by atoms with E-state index in [2.05, 4.69) is 29.5 Å². The summed E-state index contributed by atoms with van der Waals surface area (Å²) in [6, 6.07) is 8.03. The second-order valence-electron chi connectivity index (χ2n) is 4.76. The molecule has 0 aliphatic rings. The van der Waals surface area contributed by atoms with Gasteiger partial charge >= 0.3 is 0 Å². The van der Waals surface area contributed by atoms with E-state index in [1.165, 1.54) is 5.56 Å². The number of benzene rings is 1. The molecule has 0 aromatic heterocycles. The van der Waals surface area contributed by atoms with Crippen molar-refractivity contribution >= 4 is 17.6 Å². The summed E-state index contributed by atoms with van der Waals surface area (Å²) < 4.78 is 0. The van der Waals surface area contributed by atoms with Gasteiger partial charge in [-0.15, -0.1) is 0 Å². The van der Waals surface area contributed by atoms with Gasteiger partial charge in [-0.05, 0) is 37.5 Å². The molecular weight excluding hydrogens is 252 g/mol. The van der Waals surface area contributed by atoms with E-state index in [1.807, 2.05) is 31.2 Å². The fourth-order valence-electron chi connectivity index (χ4n) is 1.63. The molecule has 0 radical (unpaired) electrons. The fourth-order valence-corrected chi connectivity index (χ4v) is 1.63. The molecule has 0 saturated heterocycles. The number of aryl methyl sites for hydroxylation is 1. The number of hydrogen-bond acceptors (Lipinski definition) is 2. The Hall–Kier alpha value is -2.04. The van der Waals surface area contributed by atoms with Gasteiger partial charge in [-0.25, -0.2) is 4.99 Å². The molecule has 1 aromatic rings. The van der Waals surface area contributed by atoms with E-state index in [0.717, 1.165) is 18.5 Å². The van der Waals surface area contributed by atoms with Gasteiger partial charge in [-0.3, -0.25) is 4.79 Å². The van der Waals surface area contributed by atoms with Gasteiger partial charge in [0.05, 0.1) is 0 Å². The third kappa shape index (κ3) is 5.73. The second kappa shape index (κ2) is 8.19. The number of carbonyl (C=O) groups excluding carboxylic acids is 1. The molecule has 0 aliphatic heterocycles. The summed E-state index contributed by atoms with van der Waals surface area (Å²) in [6.45, 7) is 6.16. The Morgan fingerprint density at radius 1 is 1.40 bits per heavy atom. The van der Waals surface area contributed by atoms with E-state index in [-0.39, 0.29) is 18.5 Å². The predicted octanol–water partition coefficient (Wildman–Crippen LogP) is 1.89. The summed E-state index contributed by atoms with van der Waals surface area (Å²) >= 11 is 0. The fraction of sp³-hybridized carbons (Fsp3) is 0.467. The first-order chi connectivity index (χ1) is 9.55. The maximum absolute atomic E-state index is 11.8. The topological polar surface area (TPSA) is 79.5 Å². The number of carbonyl (C=O) groups is 1. The van der Waals surface area contributed by atoms with Crippen molar-refractivity contribution < 1.29 is 4.79 Å². The summed E-state index contributed by atoms with van der Waals surface area (Å²) in [4.78, 5) is 15.8. The minimum absolute atomic E-state index is 0.0195. The van der Waals surface area contributed by atoms with Crippen molar-refractivity contribution in [2.24, 2.45) is 10.7 Å². The van der Waals surface area contributed by atoms with Crippen LogP contribution in [0.2, 0.25) is 0 Å². The molecule has 0 aliphatic carbocycles. The number of aliphatic imine (C=N–C) groups is 1. The largest absolute Gasteiger partial charge is 0.370 e. The lowest BCUT2D eigenvalue weighted by molar-refractivity contribution is -0.114. The van der Waals surface area contributed by atoms with Crippen LogP contribution < -0.4 is 16.4 Å². The Labute approximate surface area is 120 Å². The van der Waals surface area contributed by atoms with Crippen LogP contribution in [0.15, 0.2) is 29.3 Å². The quantitative estimate of drug-likeness (QED) is 0.548. The molecule has 0 bridgehead atoms. The van der Waals surface area contributed by atoms with Crippen LogP contribution >= 0.6 is 0 Å².